The largest absolute Gasteiger partial charge is 0.414 e. The molecule has 0 saturated carbocycles. The summed E-state index contributed by atoms with van der Waals surface area (Å²) in [6.07, 6.45) is 2.86. The number of nitrogens with zero attached hydrogens (tertiary/aromatic N) is 1. The number of hydrogen-bond donors (Lipinski definition) is 2. The first-order chi connectivity index (χ1) is 11.4. The van der Waals surface area contributed by atoms with Crippen molar-refractivity contribution in [1.82, 2.24) is 4.98 Å². The highest BCUT2D eigenvalue weighted by atomic mass is 31.2. The molecule has 0 aromatic carbocycles. The van der Waals surface area contributed by atoms with Crippen LogP contribution in [0.4, 0.5) is 0 Å². The lowest BCUT2D eigenvalue weighted by Crippen LogP contribution is -2.25. The maximum Gasteiger partial charge on any atom is 0.414 e. The average Bonchev–Trinajstić information content (AvgIpc) is 2.55. The minimum Gasteiger partial charge on any atom is -0.324 e. The van der Waals surface area contributed by atoms with Crippen LogP contribution in [0.15, 0.2) is 18.2 Å². The third-order valence-corrected chi connectivity index (χ3v) is 5.24. The number of aliphatic hydroxyl groups is 1. The molecule has 0 bridgehead atoms. The Morgan fingerprint density at radius 2 is 1.92 bits per heavy atom. The van der Waals surface area contributed by atoms with Crippen molar-refractivity contribution in [3.8, 4) is 0 Å². The van der Waals surface area contributed by atoms with Gasteiger partial charge in [0.15, 0.2) is 5.69 Å². The SMILES string of the molecule is CCCCOC(O)([PH+]=O)c1cccc(CP(=O)(O)OCCCC)n1. The van der Waals surface area contributed by atoms with Crippen molar-refractivity contribution in [2.45, 2.75) is 51.2 Å². The number of rotatable bonds is 12. The molecule has 9 heteroatoms. The van der Waals surface area contributed by atoms with Gasteiger partial charge in [-0.1, -0.05) is 37.3 Å². The maximum atomic E-state index is 12.0. The van der Waals surface area contributed by atoms with E-state index in [1.54, 1.807) is 12.1 Å². The summed E-state index contributed by atoms with van der Waals surface area (Å²) in [6.45, 7) is 4.38. The van der Waals surface area contributed by atoms with Crippen molar-refractivity contribution in [3.05, 3.63) is 29.6 Å². The maximum absolute atomic E-state index is 12.0. The number of hydrogen-bond acceptors (Lipinski definition) is 6. The standard InChI is InChI=1S/C15H25NO6P2/c1-3-5-10-21-15(17,23-18)14-9-7-8-13(16-14)12-24(19,20)22-11-6-4-2/h7-9,17H,3-6,10-12H2,1-2H3,(H,19,20)/p+1. The molecule has 1 rings (SSSR count). The zero-order valence-electron chi connectivity index (χ0n) is 14.1. The van der Waals surface area contributed by atoms with Crippen LogP contribution in [0.3, 0.4) is 0 Å². The summed E-state index contributed by atoms with van der Waals surface area (Å²) in [5.74, 6) is 0. The molecule has 0 radical (unpaired) electrons. The fourth-order valence-electron chi connectivity index (χ4n) is 1.88. The minimum atomic E-state index is -3.81. The Bertz CT molecular complexity index is 571. The molecule has 0 amide bonds. The van der Waals surface area contributed by atoms with Gasteiger partial charge in [-0.15, -0.1) is 0 Å². The lowest BCUT2D eigenvalue weighted by atomic mass is 10.3. The lowest BCUT2D eigenvalue weighted by molar-refractivity contribution is -0.145. The second kappa shape index (κ2) is 10.3. The molecule has 1 aromatic heterocycles. The van der Waals surface area contributed by atoms with Gasteiger partial charge in [-0.05, 0) is 25.0 Å². The Labute approximate surface area is 144 Å². The van der Waals surface area contributed by atoms with Gasteiger partial charge in [-0.2, -0.15) is 0 Å². The normalized spacial score (nSPS) is 16.7. The van der Waals surface area contributed by atoms with Crippen LogP contribution in [0, 0.1) is 0 Å². The van der Waals surface area contributed by atoms with Crippen molar-refractivity contribution in [1.29, 1.82) is 0 Å². The van der Waals surface area contributed by atoms with E-state index < -0.39 is 21.6 Å². The van der Waals surface area contributed by atoms with E-state index in [0.717, 1.165) is 12.8 Å². The zero-order valence-corrected chi connectivity index (χ0v) is 16.0. The predicted octanol–water partition coefficient (Wildman–Crippen LogP) is 3.53. The minimum absolute atomic E-state index is 0.0537. The zero-order chi connectivity index (χ0) is 18.1. The molecule has 0 saturated heterocycles. The first-order valence-electron chi connectivity index (χ1n) is 8.05. The average molecular weight is 378 g/mol. The summed E-state index contributed by atoms with van der Waals surface area (Å²) in [5.41, 5.74) is -1.68. The smallest absolute Gasteiger partial charge is 0.324 e. The lowest BCUT2D eigenvalue weighted by Gasteiger charge is -2.16. The molecule has 7 nitrogen and oxygen atoms in total. The third kappa shape index (κ3) is 7.06. The number of aromatic nitrogens is 1. The Hall–Kier alpha value is -0.680. The van der Waals surface area contributed by atoms with Crippen LogP contribution < -0.4 is 0 Å². The molecule has 136 valence electrons. The molecule has 1 aromatic rings. The van der Waals surface area contributed by atoms with Gasteiger partial charge >= 0.3 is 21.6 Å². The summed E-state index contributed by atoms with van der Waals surface area (Å²) < 4.78 is 33.8. The molecular formula is C15H26NO6P2+. The van der Waals surface area contributed by atoms with E-state index in [4.69, 9.17) is 9.26 Å². The third-order valence-electron chi connectivity index (χ3n) is 3.25. The van der Waals surface area contributed by atoms with Crippen molar-refractivity contribution < 1.29 is 28.4 Å². The van der Waals surface area contributed by atoms with Crippen LogP contribution in [0.1, 0.15) is 50.9 Å². The van der Waals surface area contributed by atoms with E-state index in [9.17, 15) is 19.1 Å². The Kier molecular flexibility index (Phi) is 9.21. The molecular weight excluding hydrogens is 352 g/mol. The van der Waals surface area contributed by atoms with E-state index in [1.807, 2.05) is 13.8 Å². The quantitative estimate of drug-likeness (QED) is 0.326. The molecule has 0 aliphatic heterocycles. The van der Waals surface area contributed by atoms with E-state index >= 15 is 0 Å². The van der Waals surface area contributed by atoms with Gasteiger partial charge in [-0.25, -0.2) is 4.98 Å². The molecule has 3 unspecified atom stereocenters. The van der Waals surface area contributed by atoms with Gasteiger partial charge in [-0.3, -0.25) is 4.57 Å². The van der Waals surface area contributed by atoms with E-state index in [0.29, 0.717) is 12.8 Å². The highest BCUT2D eigenvalue weighted by Crippen LogP contribution is 2.45. The molecule has 0 fully saturated rings. The van der Waals surface area contributed by atoms with Crippen molar-refractivity contribution in [2.75, 3.05) is 13.2 Å². The second-order valence-corrected chi connectivity index (χ2v) is 8.18. The molecule has 0 aliphatic rings. The highest BCUT2D eigenvalue weighted by molar-refractivity contribution is 7.51. The highest BCUT2D eigenvalue weighted by Gasteiger charge is 2.42. The summed E-state index contributed by atoms with van der Waals surface area (Å²) in [5, 5.41) is 10.4. The van der Waals surface area contributed by atoms with Gasteiger partial charge in [0.1, 0.15) is 0 Å². The predicted molar refractivity (Wildman–Crippen MR) is 92.4 cm³/mol. The Morgan fingerprint density at radius 3 is 2.54 bits per heavy atom. The number of ether oxygens (including phenoxy) is 1. The summed E-state index contributed by atoms with van der Waals surface area (Å²) >= 11 is 0. The second-order valence-electron chi connectivity index (χ2n) is 5.44. The molecule has 3 atom stereocenters. The first kappa shape index (κ1) is 21.4. The van der Waals surface area contributed by atoms with Gasteiger partial charge in [0.2, 0.25) is 0 Å². The molecule has 2 N–H and O–H groups in total. The first-order valence-corrected chi connectivity index (χ1v) is 10.7. The molecule has 24 heavy (non-hydrogen) atoms. The number of unbranched alkanes of at least 4 members (excludes halogenated alkanes) is 2. The van der Waals surface area contributed by atoms with Crippen LogP contribution in [-0.2, 0) is 30.1 Å². The van der Waals surface area contributed by atoms with Crippen molar-refractivity contribution in [2.24, 2.45) is 0 Å². The Balaban J connectivity index is 2.84. The monoisotopic (exact) mass is 378 g/mol. The summed E-state index contributed by atoms with van der Waals surface area (Å²) in [6, 6.07) is 4.59. The van der Waals surface area contributed by atoms with Gasteiger partial charge in [0.25, 0.3) is 0 Å². The van der Waals surface area contributed by atoms with Crippen LogP contribution in [0.5, 0.6) is 0 Å². The Morgan fingerprint density at radius 1 is 1.25 bits per heavy atom. The van der Waals surface area contributed by atoms with Gasteiger partial charge in [0.05, 0.1) is 25.1 Å². The summed E-state index contributed by atoms with van der Waals surface area (Å²) in [7, 11) is -4.98. The van der Waals surface area contributed by atoms with Crippen LogP contribution in [0.25, 0.3) is 0 Å². The fraction of sp³-hybridized carbons (Fsp3) is 0.667. The van der Waals surface area contributed by atoms with Crippen LogP contribution >= 0.6 is 16.1 Å². The van der Waals surface area contributed by atoms with Crippen LogP contribution in [-0.4, -0.2) is 28.2 Å². The number of pyridine rings is 1. The molecule has 0 spiro atoms. The fourth-order valence-corrected chi connectivity index (χ4v) is 3.37. The molecule has 0 aliphatic carbocycles. The van der Waals surface area contributed by atoms with Crippen molar-refractivity contribution >= 4 is 16.1 Å². The van der Waals surface area contributed by atoms with Crippen LogP contribution in [0.2, 0.25) is 0 Å². The van der Waals surface area contributed by atoms with E-state index in [1.165, 1.54) is 6.07 Å². The van der Waals surface area contributed by atoms with E-state index in [-0.39, 0.29) is 30.8 Å². The van der Waals surface area contributed by atoms with Crippen molar-refractivity contribution in [3.63, 3.8) is 0 Å². The molecule has 1 heterocycles. The van der Waals surface area contributed by atoms with Gasteiger partial charge in [0, 0.05) is 0 Å². The van der Waals surface area contributed by atoms with E-state index in [2.05, 4.69) is 4.98 Å². The van der Waals surface area contributed by atoms with Gasteiger partial charge < -0.3 is 19.3 Å². The summed E-state index contributed by atoms with van der Waals surface area (Å²) in [4.78, 5) is 14.0. The topological polar surface area (TPSA) is 106 Å².